The third-order valence-corrected chi connectivity index (χ3v) is 5.39. The smallest absolute Gasteiger partial charge is 0.252 e. The summed E-state index contributed by atoms with van der Waals surface area (Å²) in [7, 11) is 4.03. The topological polar surface area (TPSA) is 37.6 Å². The summed E-state index contributed by atoms with van der Waals surface area (Å²) in [6, 6.07) is 12.1. The minimum Gasteiger partial charge on any atom is -0.338 e. The van der Waals surface area contributed by atoms with Gasteiger partial charge in [-0.15, -0.1) is 0 Å². The second kappa shape index (κ2) is 8.61. The molecule has 0 aliphatic carbocycles. The van der Waals surface area contributed by atoms with Crippen LogP contribution in [0.5, 0.6) is 0 Å². The van der Waals surface area contributed by atoms with E-state index in [2.05, 4.69) is 4.98 Å². The number of nitrogens with zero attached hydrogens (tertiary/aromatic N) is 2. The number of para-hydroxylation sites is 1. The summed E-state index contributed by atoms with van der Waals surface area (Å²) in [5.41, 5.74) is 1.06. The lowest BCUT2D eigenvalue weighted by Gasteiger charge is -2.19. The maximum absolute atomic E-state index is 14.0. The molecule has 3 aromatic rings. The lowest BCUT2D eigenvalue weighted by atomic mass is 10.2. The van der Waals surface area contributed by atoms with Crippen LogP contribution in [-0.2, 0) is 4.79 Å². The highest BCUT2D eigenvalue weighted by Gasteiger charge is 2.20. The van der Waals surface area contributed by atoms with E-state index in [-0.39, 0.29) is 11.7 Å². The van der Waals surface area contributed by atoms with Gasteiger partial charge in [-0.3, -0.25) is 9.69 Å². The zero-order valence-corrected chi connectivity index (χ0v) is 16.6. The van der Waals surface area contributed by atoms with Crippen LogP contribution in [0.3, 0.4) is 0 Å². The number of amides is 1. The molecule has 1 aromatic heterocycles. The van der Waals surface area contributed by atoms with Crippen molar-refractivity contribution in [3.05, 3.63) is 64.9 Å². The first-order chi connectivity index (χ1) is 13.0. The van der Waals surface area contributed by atoms with E-state index in [0.717, 1.165) is 16.8 Å². The molecule has 4 nitrogen and oxygen atoms in total. The zero-order chi connectivity index (χ0) is 19.4. The SMILES string of the molecule is C[NH+](C)CCN(C(=O)/C=C/c1ccccc1Cl)c1nc2c(F)cccc2s1. The Morgan fingerprint density at radius 1 is 1.26 bits per heavy atom. The van der Waals surface area contributed by atoms with Crippen molar-refractivity contribution in [3.63, 3.8) is 0 Å². The van der Waals surface area contributed by atoms with Crippen molar-refractivity contribution in [1.82, 2.24) is 4.98 Å². The maximum Gasteiger partial charge on any atom is 0.252 e. The van der Waals surface area contributed by atoms with Gasteiger partial charge < -0.3 is 4.90 Å². The maximum atomic E-state index is 14.0. The van der Waals surface area contributed by atoms with Gasteiger partial charge in [0.2, 0.25) is 0 Å². The first-order valence-electron chi connectivity index (χ1n) is 8.54. The fourth-order valence-electron chi connectivity index (χ4n) is 2.52. The fourth-order valence-corrected chi connectivity index (χ4v) is 3.73. The number of quaternary nitrogens is 1. The molecule has 0 radical (unpaired) electrons. The summed E-state index contributed by atoms with van der Waals surface area (Å²) >= 11 is 7.46. The molecule has 2 aromatic carbocycles. The van der Waals surface area contributed by atoms with Crippen molar-refractivity contribution in [2.24, 2.45) is 0 Å². The van der Waals surface area contributed by atoms with E-state index >= 15 is 0 Å². The van der Waals surface area contributed by atoms with Gasteiger partial charge in [0.25, 0.3) is 5.91 Å². The lowest BCUT2D eigenvalue weighted by Crippen LogP contribution is -3.06. The molecule has 0 atom stereocenters. The van der Waals surface area contributed by atoms with E-state index in [1.54, 1.807) is 29.2 Å². The molecule has 140 valence electrons. The number of benzene rings is 2. The van der Waals surface area contributed by atoms with Crippen LogP contribution in [0.4, 0.5) is 9.52 Å². The van der Waals surface area contributed by atoms with E-state index in [1.165, 1.54) is 28.4 Å². The number of likely N-dealkylation sites (N-methyl/N-ethyl adjacent to an activating group) is 1. The highest BCUT2D eigenvalue weighted by molar-refractivity contribution is 7.22. The molecule has 0 bridgehead atoms. The first-order valence-corrected chi connectivity index (χ1v) is 9.73. The van der Waals surface area contributed by atoms with E-state index in [0.29, 0.717) is 22.2 Å². The van der Waals surface area contributed by atoms with Gasteiger partial charge in [-0.1, -0.05) is 47.2 Å². The van der Waals surface area contributed by atoms with Crippen molar-refractivity contribution in [2.75, 3.05) is 32.1 Å². The van der Waals surface area contributed by atoms with Gasteiger partial charge in [0.1, 0.15) is 11.3 Å². The predicted molar refractivity (Wildman–Crippen MR) is 110 cm³/mol. The molecular weight excluding hydrogens is 385 g/mol. The van der Waals surface area contributed by atoms with Crippen molar-refractivity contribution in [3.8, 4) is 0 Å². The fraction of sp³-hybridized carbons (Fsp3) is 0.200. The van der Waals surface area contributed by atoms with E-state index < -0.39 is 0 Å². The van der Waals surface area contributed by atoms with Crippen LogP contribution in [-0.4, -0.2) is 38.1 Å². The van der Waals surface area contributed by atoms with Gasteiger partial charge in [-0.05, 0) is 29.8 Å². The molecule has 0 saturated heterocycles. The average Bonchev–Trinajstić information content (AvgIpc) is 3.06. The normalized spacial score (nSPS) is 11.6. The summed E-state index contributed by atoms with van der Waals surface area (Å²) in [5, 5.41) is 1.07. The Hall–Kier alpha value is -2.28. The summed E-state index contributed by atoms with van der Waals surface area (Å²) in [4.78, 5) is 20.0. The number of hydrogen-bond acceptors (Lipinski definition) is 3. The molecule has 1 N–H and O–H groups in total. The van der Waals surface area contributed by atoms with Crippen LogP contribution in [0.2, 0.25) is 5.02 Å². The summed E-state index contributed by atoms with van der Waals surface area (Å²) in [6.45, 7) is 1.22. The molecule has 0 saturated carbocycles. The standard InChI is InChI=1S/C20H19ClFN3OS/c1-24(2)12-13-25(18(26)11-10-14-6-3-4-7-15(14)21)20-23-19-16(22)8-5-9-17(19)27-20/h3-11H,12-13H2,1-2H3/p+1/b11-10+. The third kappa shape index (κ3) is 4.71. The number of fused-ring (bicyclic) bond motifs is 1. The summed E-state index contributed by atoms with van der Waals surface area (Å²) in [5.74, 6) is -0.595. The predicted octanol–water partition coefficient (Wildman–Crippen LogP) is 3.28. The number of halogens is 2. The van der Waals surface area contributed by atoms with Crippen LogP contribution in [0.25, 0.3) is 16.3 Å². The second-order valence-corrected chi connectivity index (χ2v) is 7.80. The summed E-state index contributed by atoms with van der Waals surface area (Å²) in [6.07, 6.45) is 3.17. The molecule has 7 heteroatoms. The number of anilines is 1. The number of thiazole rings is 1. The van der Waals surface area contributed by atoms with Gasteiger partial charge in [-0.2, -0.15) is 0 Å². The van der Waals surface area contributed by atoms with Gasteiger partial charge in [0.05, 0.1) is 31.9 Å². The molecule has 27 heavy (non-hydrogen) atoms. The molecule has 1 heterocycles. The van der Waals surface area contributed by atoms with E-state index in [9.17, 15) is 9.18 Å². The second-order valence-electron chi connectivity index (χ2n) is 6.38. The van der Waals surface area contributed by atoms with Crippen molar-refractivity contribution < 1.29 is 14.1 Å². The highest BCUT2D eigenvalue weighted by atomic mass is 35.5. The lowest BCUT2D eigenvalue weighted by molar-refractivity contribution is -0.856. The van der Waals surface area contributed by atoms with Crippen LogP contribution < -0.4 is 9.80 Å². The third-order valence-electron chi connectivity index (χ3n) is 4.00. The number of nitrogens with one attached hydrogen (secondary N) is 1. The van der Waals surface area contributed by atoms with Gasteiger partial charge in [0.15, 0.2) is 5.13 Å². The zero-order valence-electron chi connectivity index (χ0n) is 15.1. The van der Waals surface area contributed by atoms with E-state index in [4.69, 9.17) is 11.6 Å². The number of rotatable bonds is 6. The van der Waals surface area contributed by atoms with Crippen LogP contribution in [0.15, 0.2) is 48.5 Å². The van der Waals surface area contributed by atoms with Gasteiger partial charge in [-0.25, -0.2) is 9.37 Å². The average molecular weight is 405 g/mol. The monoisotopic (exact) mass is 404 g/mol. The molecule has 0 aliphatic heterocycles. The number of carbonyl (C=O) groups excluding carboxylic acids is 1. The van der Waals surface area contributed by atoms with E-state index in [1.807, 2.05) is 32.3 Å². The largest absolute Gasteiger partial charge is 0.338 e. The minimum atomic E-state index is -0.382. The molecule has 0 aliphatic rings. The number of carbonyl (C=O) groups is 1. The Balaban J connectivity index is 1.91. The van der Waals surface area contributed by atoms with Crippen LogP contribution in [0, 0.1) is 5.82 Å². The number of aromatic nitrogens is 1. The van der Waals surface area contributed by atoms with Crippen molar-refractivity contribution >= 4 is 50.3 Å². The Kier molecular flexibility index (Phi) is 6.21. The van der Waals surface area contributed by atoms with Crippen molar-refractivity contribution in [1.29, 1.82) is 0 Å². The Bertz CT molecular complexity index is 986. The Morgan fingerprint density at radius 3 is 2.74 bits per heavy atom. The highest BCUT2D eigenvalue weighted by Crippen LogP contribution is 2.30. The first kappa shape index (κ1) is 19.5. The molecular formula is C20H20ClFN3OS+. The Labute approximate surface area is 166 Å². The molecule has 0 spiro atoms. The molecule has 0 unspecified atom stereocenters. The molecule has 1 amide bonds. The molecule has 3 rings (SSSR count). The minimum absolute atomic E-state index is 0.212. The van der Waals surface area contributed by atoms with Crippen molar-refractivity contribution in [2.45, 2.75) is 0 Å². The number of hydrogen-bond donors (Lipinski definition) is 1. The summed E-state index contributed by atoms with van der Waals surface area (Å²) < 4.78 is 14.7. The quantitative estimate of drug-likeness (QED) is 0.640. The van der Waals surface area contributed by atoms with Crippen LogP contribution in [0.1, 0.15) is 5.56 Å². The Morgan fingerprint density at radius 2 is 2.04 bits per heavy atom. The van der Waals surface area contributed by atoms with Crippen LogP contribution >= 0.6 is 22.9 Å². The van der Waals surface area contributed by atoms with Gasteiger partial charge >= 0.3 is 0 Å². The van der Waals surface area contributed by atoms with Gasteiger partial charge in [0, 0.05) is 11.1 Å². The molecule has 0 fully saturated rings.